The second-order valence-electron chi connectivity index (χ2n) is 2.65. The predicted octanol–water partition coefficient (Wildman–Crippen LogP) is 0.917. The van der Waals surface area contributed by atoms with Crippen LogP contribution in [0.25, 0.3) is 0 Å². The minimum Gasteiger partial charge on any atom is -0.465 e. The van der Waals surface area contributed by atoms with Crippen molar-refractivity contribution >= 4 is 18.1 Å². The summed E-state index contributed by atoms with van der Waals surface area (Å²) in [6, 6.07) is 3.39. The molecule has 0 fully saturated rings. The number of nitro groups is 1. The lowest BCUT2D eigenvalue weighted by atomic mass is 10.2. The van der Waals surface area contributed by atoms with Gasteiger partial charge in [-0.3, -0.25) is 14.9 Å². The molecule has 0 heterocycles. The summed E-state index contributed by atoms with van der Waals surface area (Å²) < 4.78 is 8.79. The van der Waals surface area contributed by atoms with E-state index < -0.39 is 16.6 Å². The van der Waals surface area contributed by atoms with Crippen molar-refractivity contribution in [3.63, 3.8) is 0 Å². The van der Waals surface area contributed by atoms with E-state index in [2.05, 4.69) is 9.47 Å². The number of carbonyl (C=O) groups is 2. The van der Waals surface area contributed by atoms with E-state index in [1.54, 1.807) is 0 Å². The average Bonchev–Trinajstić information content (AvgIpc) is 2.28. The molecular weight excluding hydrogens is 218 g/mol. The van der Waals surface area contributed by atoms with Gasteiger partial charge in [0.25, 0.3) is 6.47 Å². The van der Waals surface area contributed by atoms with Crippen LogP contribution in [0, 0.1) is 10.1 Å². The molecule has 16 heavy (non-hydrogen) atoms. The highest BCUT2D eigenvalue weighted by Crippen LogP contribution is 2.27. The molecule has 0 aromatic heterocycles. The Morgan fingerprint density at radius 1 is 1.50 bits per heavy atom. The number of hydrogen-bond donors (Lipinski definition) is 0. The van der Waals surface area contributed by atoms with Gasteiger partial charge in [0.15, 0.2) is 0 Å². The molecule has 0 spiro atoms. The van der Waals surface area contributed by atoms with Crippen LogP contribution >= 0.6 is 0 Å². The molecular formula is C9H7NO6. The summed E-state index contributed by atoms with van der Waals surface area (Å²) in [7, 11) is 1.16. The molecule has 1 aromatic carbocycles. The standard InChI is InChI=1S/C9H7NO6/c1-15-9(12)6-2-3-8(16-5-11)7(4-6)10(13)14/h2-5H,1H3. The summed E-state index contributed by atoms with van der Waals surface area (Å²) in [5, 5.41) is 10.6. The molecule has 0 unspecified atom stereocenters. The molecule has 7 heteroatoms. The van der Waals surface area contributed by atoms with Crippen LogP contribution in [0.5, 0.6) is 5.75 Å². The third kappa shape index (κ3) is 2.32. The van der Waals surface area contributed by atoms with Crippen molar-refractivity contribution in [1.82, 2.24) is 0 Å². The Balaban J connectivity index is 3.22. The molecule has 0 aliphatic carbocycles. The van der Waals surface area contributed by atoms with Crippen LogP contribution in [0.15, 0.2) is 18.2 Å². The summed E-state index contributed by atoms with van der Waals surface area (Å²) in [5.41, 5.74) is -0.470. The molecule has 7 nitrogen and oxygen atoms in total. The van der Waals surface area contributed by atoms with E-state index in [4.69, 9.17) is 0 Å². The Bertz CT molecular complexity index is 442. The van der Waals surface area contributed by atoms with Gasteiger partial charge in [-0.2, -0.15) is 0 Å². The van der Waals surface area contributed by atoms with E-state index in [0.29, 0.717) is 0 Å². The fraction of sp³-hybridized carbons (Fsp3) is 0.111. The predicted molar refractivity (Wildman–Crippen MR) is 51.1 cm³/mol. The zero-order valence-corrected chi connectivity index (χ0v) is 8.21. The van der Waals surface area contributed by atoms with E-state index in [1.165, 1.54) is 6.07 Å². The van der Waals surface area contributed by atoms with Gasteiger partial charge in [0.2, 0.25) is 5.75 Å². The first-order chi connectivity index (χ1) is 7.60. The van der Waals surface area contributed by atoms with Crippen LogP contribution in [0.3, 0.4) is 0 Å². The molecule has 0 atom stereocenters. The molecule has 0 bridgehead atoms. The average molecular weight is 225 g/mol. The number of carbonyl (C=O) groups excluding carboxylic acids is 2. The highest BCUT2D eigenvalue weighted by Gasteiger charge is 2.18. The second-order valence-corrected chi connectivity index (χ2v) is 2.65. The zero-order valence-electron chi connectivity index (χ0n) is 8.21. The maximum Gasteiger partial charge on any atom is 0.338 e. The summed E-state index contributed by atoms with van der Waals surface area (Å²) in [6.45, 7) is 0.0696. The summed E-state index contributed by atoms with van der Waals surface area (Å²) in [6.07, 6.45) is 0. The van der Waals surface area contributed by atoms with Gasteiger partial charge in [0.05, 0.1) is 17.6 Å². The summed E-state index contributed by atoms with van der Waals surface area (Å²) >= 11 is 0. The highest BCUT2D eigenvalue weighted by molar-refractivity contribution is 5.90. The van der Waals surface area contributed by atoms with Gasteiger partial charge in [-0.1, -0.05) is 0 Å². The molecule has 0 saturated heterocycles. The van der Waals surface area contributed by atoms with Crippen LogP contribution in [0.4, 0.5) is 5.69 Å². The maximum absolute atomic E-state index is 11.1. The summed E-state index contributed by atoms with van der Waals surface area (Å²) in [5.74, 6) is -0.937. The van der Waals surface area contributed by atoms with Crippen LogP contribution < -0.4 is 4.74 Å². The molecule has 0 aliphatic rings. The molecule has 0 amide bonds. The lowest BCUT2D eigenvalue weighted by Gasteiger charge is -2.02. The second kappa shape index (κ2) is 4.87. The first-order valence-electron chi connectivity index (χ1n) is 4.07. The number of hydrogen-bond acceptors (Lipinski definition) is 6. The van der Waals surface area contributed by atoms with E-state index in [9.17, 15) is 19.7 Å². The van der Waals surface area contributed by atoms with Crippen LogP contribution in [0.1, 0.15) is 10.4 Å². The van der Waals surface area contributed by atoms with Crippen molar-refractivity contribution in [1.29, 1.82) is 0 Å². The molecule has 0 aliphatic heterocycles. The Hall–Kier alpha value is -2.44. The third-order valence-electron chi connectivity index (χ3n) is 1.75. The smallest absolute Gasteiger partial charge is 0.338 e. The van der Waals surface area contributed by atoms with Crippen LogP contribution in [-0.4, -0.2) is 24.5 Å². The number of nitrogens with zero attached hydrogens (tertiary/aromatic N) is 1. The third-order valence-corrected chi connectivity index (χ3v) is 1.75. The number of methoxy groups -OCH3 is 1. The molecule has 1 aromatic rings. The first-order valence-corrected chi connectivity index (χ1v) is 4.07. The van der Waals surface area contributed by atoms with Gasteiger partial charge in [-0.05, 0) is 12.1 Å². The SMILES string of the molecule is COC(=O)c1ccc(OC=O)c([N+](=O)[O-])c1. The minimum absolute atomic E-state index is 0.00690. The fourth-order valence-corrected chi connectivity index (χ4v) is 1.06. The van der Waals surface area contributed by atoms with Crippen LogP contribution in [-0.2, 0) is 9.53 Å². The summed E-state index contributed by atoms with van der Waals surface area (Å²) in [4.78, 5) is 31.0. The van der Waals surface area contributed by atoms with Crippen molar-refractivity contribution in [2.24, 2.45) is 0 Å². The van der Waals surface area contributed by atoms with Crippen LogP contribution in [0.2, 0.25) is 0 Å². The van der Waals surface area contributed by atoms with Crippen molar-refractivity contribution in [3.8, 4) is 5.75 Å². The number of benzene rings is 1. The molecule has 0 saturated carbocycles. The monoisotopic (exact) mass is 225 g/mol. The Kier molecular flexibility index (Phi) is 3.54. The van der Waals surface area contributed by atoms with E-state index in [1.807, 2.05) is 0 Å². The normalized spacial score (nSPS) is 9.31. The Morgan fingerprint density at radius 2 is 2.19 bits per heavy atom. The number of rotatable bonds is 4. The maximum atomic E-state index is 11.1. The lowest BCUT2D eigenvalue weighted by Crippen LogP contribution is -2.03. The first kappa shape index (κ1) is 11.6. The van der Waals surface area contributed by atoms with Crippen molar-refractivity contribution < 1.29 is 24.0 Å². The Morgan fingerprint density at radius 3 is 2.69 bits per heavy atom. The van der Waals surface area contributed by atoms with Gasteiger partial charge in [-0.15, -0.1) is 0 Å². The zero-order chi connectivity index (χ0) is 12.1. The van der Waals surface area contributed by atoms with Crippen molar-refractivity contribution in [2.45, 2.75) is 0 Å². The van der Waals surface area contributed by atoms with Gasteiger partial charge in [0.1, 0.15) is 0 Å². The number of esters is 1. The lowest BCUT2D eigenvalue weighted by molar-refractivity contribution is -0.385. The minimum atomic E-state index is -0.759. The van der Waals surface area contributed by atoms with E-state index in [-0.39, 0.29) is 17.8 Å². The molecule has 1 rings (SSSR count). The molecule has 84 valence electrons. The van der Waals surface area contributed by atoms with Gasteiger partial charge in [-0.25, -0.2) is 4.79 Å². The quantitative estimate of drug-likeness (QED) is 0.327. The van der Waals surface area contributed by atoms with E-state index in [0.717, 1.165) is 19.2 Å². The number of ether oxygens (including phenoxy) is 2. The van der Waals surface area contributed by atoms with Gasteiger partial charge >= 0.3 is 11.7 Å². The molecule has 0 N–H and O–H groups in total. The van der Waals surface area contributed by atoms with Gasteiger partial charge < -0.3 is 9.47 Å². The van der Waals surface area contributed by atoms with Crippen molar-refractivity contribution in [2.75, 3.05) is 7.11 Å². The topological polar surface area (TPSA) is 95.7 Å². The van der Waals surface area contributed by atoms with Crippen molar-refractivity contribution in [3.05, 3.63) is 33.9 Å². The largest absolute Gasteiger partial charge is 0.465 e. The fourth-order valence-electron chi connectivity index (χ4n) is 1.06. The van der Waals surface area contributed by atoms with Gasteiger partial charge in [0, 0.05) is 6.07 Å². The number of nitro benzene ring substituents is 1. The van der Waals surface area contributed by atoms with E-state index >= 15 is 0 Å². The molecule has 0 radical (unpaired) electrons. The Labute approximate surface area is 89.7 Å². The highest BCUT2D eigenvalue weighted by atomic mass is 16.6.